The van der Waals surface area contributed by atoms with Crippen LogP contribution < -0.4 is 10.3 Å². The van der Waals surface area contributed by atoms with Crippen LogP contribution in [0.5, 0.6) is 0 Å². The van der Waals surface area contributed by atoms with Crippen LogP contribution in [0.2, 0.25) is 0 Å². The first kappa shape index (κ1) is 18.0. The Balaban J connectivity index is 1.92. The monoisotopic (exact) mass is 365 g/mol. The van der Waals surface area contributed by atoms with Crippen LogP contribution >= 0.6 is 0 Å². The van der Waals surface area contributed by atoms with Crippen LogP contribution in [0.4, 0.5) is 10.7 Å². The first-order valence-corrected chi connectivity index (χ1v) is 8.12. The van der Waals surface area contributed by atoms with E-state index < -0.39 is 30.4 Å². The quantitative estimate of drug-likeness (QED) is 0.428. The summed E-state index contributed by atoms with van der Waals surface area (Å²) in [5, 5.41) is 8.77. The van der Waals surface area contributed by atoms with Crippen LogP contribution in [0.15, 0.2) is 11.2 Å². The second kappa shape index (κ2) is 6.84. The van der Waals surface area contributed by atoms with E-state index in [0.29, 0.717) is 24.9 Å². The molecule has 11 heteroatoms. The van der Waals surface area contributed by atoms with Gasteiger partial charge >= 0.3 is 12.0 Å². The largest absolute Gasteiger partial charge is 0.402 e. The minimum Gasteiger partial charge on any atom is -0.394 e. The van der Waals surface area contributed by atoms with Gasteiger partial charge in [0.05, 0.1) is 26.4 Å². The number of fused-ring (bicyclic) bond motifs is 3. The molecule has 3 heterocycles. The highest BCUT2D eigenvalue weighted by atomic mass is 16.5. The lowest BCUT2D eigenvalue weighted by molar-refractivity contribution is -0.677. The van der Waals surface area contributed by atoms with Crippen molar-refractivity contribution in [2.24, 2.45) is 10.7 Å². The fourth-order valence-corrected chi connectivity index (χ4v) is 3.13. The number of nitrogens with zero attached hydrogens (tertiary/aromatic N) is 5. The van der Waals surface area contributed by atoms with Crippen molar-refractivity contribution in [2.75, 3.05) is 33.4 Å². The molecule has 0 bridgehead atoms. The van der Waals surface area contributed by atoms with Crippen LogP contribution in [0.3, 0.4) is 0 Å². The number of hydrogen-bond donors (Lipinski definition) is 2. The number of aryl methyl sites for hydroxylation is 1. The molecule has 3 rings (SSSR count). The molecule has 1 aromatic heterocycles. The summed E-state index contributed by atoms with van der Waals surface area (Å²) in [6, 6.07) is -1.45. The molecule has 3 N–H and O–H groups in total. The van der Waals surface area contributed by atoms with E-state index in [-0.39, 0.29) is 13.2 Å². The number of amides is 4. The maximum Gasteiger partial charge on any atom is 0.402 e. The molecule has 0 aromatic carbocycles. The van der Waals surface area contributed by atoms with E-state index in [4.69, 9.17) is 15.6 Å². The molecule has 2 aliphatic rings. The second-order valence-corrected chi connectivity index (χ2v) is 6.07. The summed E-state index contributed by atoms with van der Waals surface area (Å²) in [4.78, 5) is 42.9. The van der Waals surface area contributed by atoms with E-state index in [1.165, 1.54) is 11.9 Å². The van der Waals surface area contributed by atoms with Gasteiger partial charge in [-0.15, -0.1) is 0 Å². The number of urea groups is 1. The molecule has 11 nitrogen and oxygen atoms in total. The minimum atomic E-state index is -0.814. The normalized spacial score (nSPS) is 18.9. The van der Waals surface area contributed by atoms with E-state index >= 15 is 0 Å². The first-order valence-electron chi connectivity index (χ1n) is 8.12. The molecule has 1 saturated heterocycles. The van der Waals surface area contributed by atoms with Crippen LogP contribution in [0.25, 0.3) is 0 Å². The Labute approximate surface area is 149 Å². The number of imidazole rings is 1. The zero-order valence-corrected chi connectivity index (χ0v) is 14.6. The molecule has 4 amide bonds. The van der Waals surface area contributed by atoms with Gasteiger partial charge < -0.3 is 15.6 Å². The highest BCUT2D eigenvalue weighted by molar-refractivity contribution is 6.19. The molecule has 26 heavy (non-hydrogen) atoms. The Hall–Kier alpha value is -2.79. The van der Waals surface area contributed by atoms with Gasteiger partial charge in [-0.1, -0.05) is 4.99 Å². The molecule has 0 radical (unpaired) electrons. The summed E-state index contributed by atoms with van der Waals surface area (Å²) in [7, 11) is 1.50. The van der Waals surface area contributed by atoms with Crippen LogP contribution in [0.1, 0.15) is 11.7 Å². The van der Waals surface area contributed by atoms with Gasteiger partial charge in [0, 0.05) is 7.05 Å². The molecule has 1 aromatic rings. The number of aliphatic imine (C=N–C) groups is 1. The summed E-state index contributed by atoms with van der Waals surface area (Å²) >= 11 is 0. The van der Waals surface area contributed by atoms with Gasteiger partial charge in [0.2, 0.25) is 17.8 Å². The summed E-state index contributed by atoms with van der Waals surface area (Å²) in [6.45, 7) is 2.43. The van der Waals surface area contributed by atoms with Crippen LogP contribution in [-0.4, -0.2) is 76.6 Å². The third-order valence-corrected chi connectivity index (χ3v) is 4.33. The average molecular weight is 365 g/mol. The number of primary amides is 1. The van der Waals surface area contributed by atoms with E-state index in [0.717, 1.165) is 10.6 Å². The number of aromatic nitrogens is 2. The van der Waals surface area contributed by atoms with Gasteiger partial charge in [0.15, 0.2) is 0 Å². The van der Waals surface area contributed by atoms with Crippen molar-refractivity contribution >= 4 is 29.6 Å². The van der Waals surface area contributed by atoms with Crippen molar-refractivity contribution in [1.29, 1.82) is 0 Å². The number of imide groups is 1. The summed E-state index contributed by atoms with van der Waals surface area (Å²) in [5.74, 6) is -0.480. The molecule has 0 aliphatic carbocycles. The Kier molecular flexibility index (Phi) is 4.74. The smallest absolute Gasteiger partial charge is 0.394 e. The van der Waals surface area contributed by atoms with Gasteiger partial charge in [-0.05, 0) is 6.92 Å². The molecule has 1 atom stereocenters. The van der Waals surface area contributed by atoms with E-state index in [2.05, 4.69) is 4.99 Å². The highest BCUT2D eigenvalue weighted by Gasteiger charge is 2.53. The molecule has 1 fully saturated rings. The SMILES string of the molecule is Cc1c[n+]2c(n1CCOCCO)N=C1C2C(=O)N(CC(N)=O)C(=O)N1C. The van der Waals surface area contributed by atoms with Crippen molar-refractivity contribution in [2.45, 2.75) is 19.5 Å². The highest BCUT2D eigenvalue weighted by Crippen LogP contribution is 2.28. The lowest BCUT2D eigenvalue weighted by Gasteiger charge is -2.32. The standard InChI is InChI=1S/C15H20N6O5/c1-9-7-20-11-12(17-14(20)19(9)3-5-26-6-4-22)18(2)15(25)21(13(11)24)8-10(16)23/h7,11,22H,3-6,8H2,1-2H3,(H-,16,23)/p+1. The number of rotatable bonds is 7. The molecule has 0 spiro atoms. The van der Waals surface area contributed by atoms with Crippen LogP contribution in [-0.2, 0) is 20.9 Å². The average Bonchev–Trinajstić information content (AvgIpc) is 3.09. The fraction of sp³-hybridized carbons (Fsp3) is 0.533. The topological polar surface area (TPSA) is 134 Å². The third kappa shape index (κ3) is 2.84. The third-order valence-electron chi connectivity index (χ3n) is 4.33. The Morgan fingerprint density at radius 3 is 2.81 bits per heavy atom. The zero-order valence-electron chi connectivity index (χ0n) is 14.6. The predicted molar refractivity (Wildman–Crippen MR) is 87.5 cm³/mol. The Morgan fingerprint density at radius 1 is 1.42 bits per heavy atom. The number of amidine groups is 1. The van der Waals surface area contributed by atoms with E-state index in [1.54, 1.807) is 10.8 Å². The lowest BCUT2D eigenvalue weighted by Crippen LogP contribution is -2.63. The van der Waals surface area contributed by atoms with Gasteiger partial charge in [-0.3, -0.25) is 19.4 Å². The van der Waals surface area contributed by atoms with Gasteiger partial charge in [-0.2, -0.15) is 0 Å². The molecule has 2 aliphatic heterocycles. The number of carbonyl (C=O) groups is 3. The van der Waals surface area contributed by atoms with Crippen molar-refractivity contribution in [3.05, 3.63) is 11.9 Å². The summed E-state index contributed by atoms with van der Waals surface area (Å²) in [5.41, 5.74) is 6.02. The number of likely N-dealkylation sites (N-methyl/N-ethyl adjacent to an activating group) is 1. The maximum absolute atomic E-state index is 12.8. The molecular formula is C15H21N6O5+. The lowest BCUT2D eigenvalue weighted by atomic mass is 10.1. The predicted octanol–water partition coefficient (Wildman–Crippen LogP) is -1.94. The minimum absolute atomic E-state index is 0.0565. The van der Waals surface area contributed by atoms with Gasteiger partial charge in [0.1, 0.15) is 18.4 Å². The van der Waals surface area contributed by atoms with Crippen molar-refractivity contribution in [3.63, 3.8) is 0 Å². The number of nitrogens with two attached hydrogens (primary N) is 1. The zero-order chi connectivity index (χ0) is 19.0. The maximum atomic E-state index is 12.8. The van der Waals surface area contributed by atoms with Gasteiger partial charge in [0.25, 0.3) is 5.91 Å². The Bertz CT molecular complexity index is 801. The van der Waals surface area contributed by atoms with Gasteiger partial charge in [-0.25, -0.2) is 13.9 Å². The van der Waals surface area contributed by atoms with Crippen LogP contribution in [0, 0.1) is 6.92 Å². The molecule has 1 unspecified atom stereocenters. The fourth-order valence-electron chi connectivity index (χ4n) is 3.13. The number of aliphatic hydroxyl groups is 1. The molecule has 0 saturated carbocycles. The number of aliphatic hydroxyl groups excluding tert-OH is 1. The van der Waals surface area contributed by atoms with Crippen molar-refractivity contribution < 1.29 is 28.8 Å². The number of ether oxygens (including phenoxy) is 1. The second-order valence-electron chi connectivity index (χ2n) is 6.07. The van der Waals surface area contributed by atoms with E-state index in [9.17, 15) is 14.4 Å². The molecule has 140 valence electrons. The first-order chi connectivity index (χ1) is 12.4. The van der Waals surface area contributed by atoms with Crippen molar-refractivity contribution in [1.82, 2.24) is 14.4 Å². The Morgan fingerprint density at radius 2 is 2.15 bits per heavy atom. The van der Waals surface area contributed by atoms with Crippen molar-refractivity contribution in [3.8, 4) is 0 Å². The number of hydrogen-bond acceptors (Lipinski definition) is 6. The summed E-state index contributed by atoms with van der Waals surface area (Å²) in [6.07, 6.45) is 1.77. The summed E-state index contributed by atoms with van der Waals surface area (Å²) < 4.78 is 8.83. The molecular weight excluding hydrogens is 344 g/mol. The van der Waals surface area contributed by atoms with E-state index in [1.807, 2.05) is 11.5 Å². The number of carbonyl (C=O) groups excluding carboxylic acids is 3.